The molecule has 0 saturated heterocycles. The van der Waals surface area contributed by atoms with Crippen LogP contribution in [-0.2, 0) is 0 Å². The van der Waals surface area contributed by atoms with Crippen LogP contribution in [-0.4, -0.2) is 18.5 Å². The first-order chi connectivity index (χ1) is 7.47. The molecule has 4 heteroatoms. The molecule has 0 atom stereocenters. The van der Waals surface area contributed by atoms with Gasteiger partial charge in [0.1, 0.15) is 0 Å². The molecule has 0 aliphatic heterocycles. The summed E-state index contributed by atoms with van der Waals surface area (Å²) >= 11 is 0. The summed E-state index contributed by atoms with van der Waals surface area (Å²) in [5, 5.41) is 7.49. The fourth-order valence-electron chi connectivity index (χ4n) is 2.09. The minimum Gasteiger partial charge on any atom is -0.529 e. The van der Waals surface area contributed by atoms with Crippen LogP contribution in [0.1, 0.15) is 47.2 Å². The van der Waals surface area contributed by atoms with Gasteiger partial charge in [0.15, 0.2) is 0 Å². The van der Waals surface area contributed by atoms with Gasteiger partial charge in [0, 0.05) is 11.8 Å². The molecule has 98 valence electrons. The zero-order valence-electron chi connectivity index (χ0n) is 12.4. The van der Waals surface area contributed by atoms with Crippen molar-refractivity contribution in [3.63, 3.8) is 0 Å². The summed E-state index contributed by atoms with van der Waals surface area (Å²) in [5.41, 5.74) is 1.04. The second-order valence-corrected chi connectivity index (χ2v) is 12.3. The Morgan fingerprint density at radius 2 is 1.59 bits per heavy atom. The maximum atomic E-state index is 6.35. The van der Waals surface area contributed by atoms with Crippen molar-refractivity contribution < 1.29 is 4.43 Å². The molecule has 1 N–H and O–H groups in total. The van der Waals surface area contributed by atoms with Gasteiger partial charge >= 0.3 is 0 Å². The predicted octanol–water partition coefficient (Wildman–Crippen LogP) is 4.27. The summed E-state index contributed by atoms with van der Waals surface area (Å²) in [4.78, 5) is 0. The largest absolute Gasteiger partial charge is 0.529 e. The lowest BCUT2D eigenvalue weighted by atomic mass is 10.2. The first-order valence-corrected chi connectivity index (χ1v) is 8.59. The van der Waals surface area contributed by atoms with Crippen molar-refractivity contribution in [1.82, 2.24) is 10.2 Å². The molecule has 0 aliphatic rings. The van der Waals surface area contributed by atoms with Crippen molar-refractivity contribution in [1.29, 1.82) is 0 Å². The van der Waals surface area contributed by atoms with Crippen LogP contribution in [0.15, 0.2) is 6.07 Å². The van der Waals surface area contributed by atoms with Crippen molar-refractivity contribution >= 4 is 8.32 Å². The Kier molecular flexibility index (Phi) is 3.49. The van der Waals surface area contributed by atoms with Crippen molar-refractivity contribution in [3.8, 4) is 5.88 Å². The van der Waals surface area contributed by atoms with Crippen molar-refractivity contribution in [2.45, 2.75) is 65.1 Å². The lowest BCUT2D eigenvalue weighted by Gasteiger charge is -2.47. The highest BCUT2D eigenvalue weighted by molar-refractivity contribution is 6.78. The van der Waals surface area contributed by atoms with Crippen molar-refractivity contribution in [2.24, 2.45) is 0 Å². The minimum atomic E-state index is -1.96. The lowest BCUT2D eigenvalue weighted by molar-refractivity contribution is 0.418. The molecule has 0 aromatic carbocycles. The summed E-state index contributed by atoms with van der Waals surface area (Å²) in [7, 11) is -1.96. The third-order valence-electron chi connectivity index (χ3n) is 3.85. The number of aromatic nitrogens is 2. The van der Waals surface area contributed by atoms with Gasteiger partial charge in [-0.15, -0.1) is 5.10 Å². The van der Waals surface area contributed by atoms with Crippen LogP contribution in [0, 0.1) is 6.92 Å². The number of hydrogen-bond donors (Lipinski definition) is 1. The van der Waals surface area contributed by atoms with Crippen LogP contribution in [0.2, 0.25) is 16.6 Å². The SMILES string of the molecule is Cc1cc(O[Si](C)(C(C)(C)C)C(C)(C)C)n[nH]1. The van der Waals surface area contributed by atoms with Crippen LogP contribution in [0.5, 0.6) is 5.88 Å². The van der Waals surface area contributed by atoms with E-state index < -0.39 is 8.32 Å². The number of aromatic amines is 1. The van der Waals surface area contributed by atoms with E-state index >= 15 is 0 Å². The molecular weight excluding hydrogens is 228 g/mol. The molecule has 1 aromatic rings. The van der Waals surface area contributed by atoms with Gasteiger partial charge in [0.2, 0.25) is 5.88 Å². The van der Waals surface area contributed by atoms with E-state index in [0.29, 0.717) is 0 Å². The van der Waals surface area contributed by atoms with Gasteiger partial charge in [-0.2, -0.15) is 0 Å². The van der Waals surface area contributed by atoms with Crippen LogP contribution in [0.4, 0.5) is 0 Å². The van der Waals surface area contributed by atoms with E-state index in [1.807, 2.05) is 13.0 Å². The first-order valence-electron chi connectivity index (χ1n) is 6.18. The van der Waals surface area contributed by atoms with E-state index in [2.05, 4.69) is 58.3 Å². The summed E-state index contributed by atoms with van der Waals surface area (Å²) in [6.45, 7) is 17.9. The highest BCUT2D eigenvalue weighted by Crippen LogP contribution is 2.51. The zero-order chi connectivity index (χ0) is 13.5. The number of nitrogens with one attached hydrogen (secondary N) is 1. The van der Waals surface area contributed by atoms with Gasteiger partial charge in [0.05, 0.1) is 0 Å². The Morgan fingerprint density at radius 1 is 1.12 bits per heavy atom. The Morgan fingerprint density at radius 3 is 1.88 bits per heavy atom. The Labute approximate surface area is 106 Å². The number of aryl methyl sites for hydroxylation is 1. The maximum absolute atomic E-state index is 6.35. The molecule has 0 fully saturated rings. The summed E-state index contributed by atoms with van der Waals surface area (Å²) in [6.07, 6.45) is 0. The quantitative estimate of drug-likeness (QED) is 0.800. The second-order valence-electron chi connectivity index (χ2n) is 7.02. The van der Waals surface area contributed by atoms with Gasteiger partial charge in [0.25, 0.3) is 8.32 Å². The third-order valence-corrected chi connectivity index (χ3v) is 10.2. The molecule has 0 radical (unpaired) electrons. The maximum Gasteiger partial charge on any atom is 0.260 e. The topological polar surface area (TPSA) is 37.9 Å². The van der Waals surface area contributed by atoms with Crippen LogP contribution < -0.4 is 4.43 Å². The zero-order valence-corrected chi connectivity index (χ0v) is 13.4. The molecule has 3 nitrogen and oxygen atoms in total. The number of nitrogens with zero attached hydrogens (tertiary/aromatic N) is 1. The van der Waals surface area contributed by atoms with E-state index in [-0.39, 0.29) is 10.1 Å². The van der Waals surface area contributed by atoms with E-state index in [4.69, 9.17) is 4.43 Å². The molecule has 0 bridgehead atoms. The molecule has 0 unspecified atom stereocenters. The predicted molar refractivity (Wildman–Crippen MR) is 75.0 cm³/mol. The molecule has 0 saturated carbocycles. The van der Waals surface area contributed by atoms with Gasteiger partial charge < -0.3 is 4.43 Å². The molecular formula is C13H26N2OSi. The molecule has 0 spiro atoms. The molecule has 1 rings (SSSR count). The highest BCUT2D eigenvalue weighted by atomic mass is 28.4. The number of H-pyrrole nitrogens is 1. The van der Waals surface area contributed by atoms with E-state index in [1.54, 1.807) is 0 Å². The van der Waals surface area contributed by atoms with E-state index in [9.17, 15) is 0 Å². The summed E-state index contributed by atoms with van der Waals surface area (Å²) < 4.78 is 6.35. The standard InChI is InChI=1S/C13H26N2OSi/c1-10-9-11(15-14-10)16-17(8,12(2,3)4)13(5,6)7/h9H,1-8H3,(H,14,15). The van der Waals surface area contributed by atoms with Gasteiger partial charge in [-0.25, -0.2) is 0 Å². The average Bonchev–Trinajstić information content (AvgIpc) is 2.47. The lowest BCUT2D eigenvalue weighted by Crippen LogP contribution is -2.54. The molecule has 0 aliphatic carbocycles. The van der Waals surface area contributed by atoms with E-state index in [0.717, 1.165) is 11.6 Å². The monoisotopic (exact) mass is 254 g/mol. The smallest absolute Gasteiger partial charge is 0.260 e. The van der Waals surface area contributed by atoms with Crippen LogP contribution in [0.3, 0.4) is 0 Å². The van der Waals surface area contributed by atoms with Crippen molar-refractivity contribution in [2.75, 3.05) is 0 Å². The fraction of sp³-hybridized carbons (Fsp3) is 0.769. The Hall–Kier alpha value is -0.773. The average molecular weight is 254 g/mol. The molecule has 1 aromatic heterocycles. The van der Waals surface area contributed by atoms with E-state index in [1.165, 1.54) is 0 Å². The first kappa shape index (κ1) is 14.3. The molecule has 0 amide bonds. The normalized spacial score (nSPS) is 13.9. The van der Waals surface area contributed by atoms with Crippen LogP contribution >= 0.6 is 0 Å². The third kappa shape index (κ3) is 2.73. The fourth-order valence-corrected chi connectivity index (χ4v) is 5.47. The summed E-state index contributed by atoms with van der Waals surface area (Å²) in [6, 6.07) is 1.97. The highest BCUT2D eigenvalue weighted by Gasteiger charge is 2.53. The Bertz CT molecular complexity index is 371. The van der Waals surface area contributed by atoms with Gasteiger partial charge in [-0.1, -0.05) is 41.5 Å². The Balaban J connectivity index is 3.10. The molecule has 1 heterocycles. The summed E-state index contributed by atoms with van der Waals surface area (Å²) in [5.74, 6) is 0.738. The number of hydrogen-bond acceptors (Lipinski definition) is 2. The minimum absolute atomic E-state index is 0.165. The van der Waals surface area contributed by atoms with Gasteiger partial charge in [-0.05, 0) is 23.5 Å². The second kappa shape index (κ2) is 4.16. The van der Waals surface area contributed by atoms with Crippen molar-refractivity contribution in [3.05, 3.63) is 11.8 Å². The molecule has 17 heavy (non-hydrogen) atoms. The van der Waals surface area contributed by atoms with Crippen LogP contribution in [0.25, 0.3) is 0 Å². The van der Waals surface area contributed by atoms with Gasteiger partial charge in [-0.3, -0.25) is 5.10 Å². The number of rotatable bonds is 2.